The van der Waals surface area contributed by atoms with Crippen molar-refractivity contribution in [1.29, 1.82) is 0 Å². The first-order valence-corrected chi connectivity index (χ1v) is 12.6. The van der Waals surface area contributed by atoms with Crippen molar-refractivity contribution in [1.82, 2.24) is 9.88 Å². The van der Waals surface area contributed by atoms with Crippen LogP contribution in [0.1, 0.15) is 35.3 Å². The number of phenolic OH excluding ortho intramolecular Hbond substituents is 1. The molecule has 1 saturated heterocycles. The molecule has 1 fully saturated rings. The summed E-state index contributed by atoms with van der Waals surface area (Å²) >= 11 is 1.42. The number of benzene rings is 2. The molecule has 35 heavy (non-hydrogen) atoms. The van der Waals surface area contributed by atoms with Crippen molar-refractivity contribution in [3.05, 3.63) is 74.6 Å². The number of thiazole rings is 1. The molecule has 2 aromatic carbocycles. The van der Waals surface area contributed by atoms with E-state index in [-0.39, 0.29) is 17.2 Å². The Bertz CT molecular complexity index is 1400. The molecule has 1 N–H and O–H groups in total. The second kappa shape index (κ2) is 9.81. The van der Waals surface area contributed by atoms with E-state index in [1.165, 1.54) is 17.6 Å². The molecule has 182 valence electrons. The molecule has 1 atom stereocenters. The van der Waals surface area contributed by atoms with Crippen LogP contribution in [0.2, 0.25) is 0 Å². The number of aromatic nitrogens is 1. The second-order valence-corrected chi connectivity index (χ2v) is 9.48. The summed E-state index contributed by atoms with van der Waals surface area (Å²) in [5.74, 6) is 0.911. The number of hydrogen-bond acceptors (Lipinski definition) is 8. The fourth-order valence-corrected chi connectivity index (χ4v) is 5.48. The quantitative estimate of drug-likeness (QED) is 0.409. The lowest BCUT2D eigenvalue weighted by atomic mass is 9.91. The topological polar surface area (TPSA) is 85.0 Å². The Hall–Kier alpha value is -3.20. The fraction of sp³-hybridized carbons (Fsp3) is 0.333. The molecule has 7 nitrogen and oxygen atoms in total. The molecule has 0 saturated carbocycles. The molecule has 0 aliphatic carbocycles. The first-order chi connectivity index (χ1) is 17.0. The zero-order valence-corrected chi connectivity index (χ0v) is 20.9. The molecule has 2 aromatic heterocycles. The van der Waals surface area contributed by atoms with Crippen LogP contribution in [-0.2, 0) is 11.2 Å². The third kappa shape index (κ3) is 4.33. The molecule has 8 heteroatoms. The van der Waals surface area contributed by atoms with Gasteiger partial charge in [-0.15, -0.1) is 11.3 Å². The Balaban J connectivity index is 1.77. The minimum absolute atomic E-state index is 0.146. The van der Waals surface area contributed by atoms with E-state index >= 15 is 0 Å². The average molecular weight is 493 g/mol. The standard InChI is InChI=1S/C27H28N2O5S/c1-4-17-13-20-25(31)21(27-28-16(2)15-35-27)14-34-26(20)22(24(17)30)23(29-9-11-33-12-10-29)18-5-7-19(32-3)8-6-18/h5-8,13-15,23,30H,4,9-12H2,1-3H3/t23-/m0/s1. The van der Waals surface area contributed by atoms with Crippen molar-refractivity contribution in [2.45, 2.75) is 26.3 Å². The predicted molar refractivity (Wildman–Crippen MR) is 137 cm³/mol. The Kier molecular flexibility index (Phi) is 6.60. The van der Waals surface area contributed by atoms with Crippen LogP contribution in [0, 0.1) is 6.92 Å². The first-order valence-electron chi connectivity index (χ1n) is 11.7. The van der Waals surface area contributed by atoms with Crippen molar-refractivity contribution in [2.75, 3.05) is 33.4 Å². The summed E-state index contributed by atoms with van der Waals surface area (Å²) in [6.07, 6.45) is 2.05. The van der Waals surface area contributed by atoms with Crippen LogP contribution in [0.3, 0.4) is 0 Å². The highest BCUT2D eigenvalue weighted by molar-refractivity contribution is 7.13. The number of aromatic hydroxyl groups is 1. The molecule has 5 rings (SSSR count). The van der Waals surface area contributed by atoms with Gasteiger partial charge in [0.1, 0.15) is 28.4 Å². The smallest absolute Gasteiger partial charge is 0.202 e. The number of fused-ring (bicyclic) bond motifs is 1. The van der Waals surface area contributed by atoms with Gasteiger partial charge in [-0.1, -0.05) is 19.1 Å². The number of ether oxygens (including phenoxy) is 2. The van der Waals surface area contributed by atoms with Gasteiger partial charge in [0.15, 0.2) is 0 Å². The number of phenols is 1. The molecular formula is C27H28N2O5S. The highest BCUT2D eigenvalue weighted by atomic mass is 32.1. The van der Waals surface area contributed by atoms with Crippen molar-refractivity contribution in [3.63, 3.8) is 0 Å². The lowest BCUT2D eigenvalue weighted by molar-refractivity contribution is 0.0236. The molecule has 0 radical (unpaired) electrons. The van der Waals surface area contributed by atoms with Crippen molar-refractivity contribution < 1.29 is 19.0 Å². The largest absolute Gasteiger partial charge is 0.507 e. The van der Waals surface area contributed by atoms with Crippen molar-refractivity contribution >= 4 is 22.3 Å². The summed E-state index contributed by atoms with van der Waals surface area (Å²) in [5.41, 5.74) is 3.82. The summed E-state index contributed by atoms with van der Waals surface area (Å²) in [6.45, 7) is 6.43. The van der Waals surface area contributed by atoms with E-state index < -0.39 is 0 Å². The molecule has 0 bridgehead atoms. The van der Waals surface area contributed by atoms with Gasteiger partial charge in [-0.25, -0.2) is 4.98 Å². The number of nitrogens with zero attached hydrogens (tertiary/aromatic N) is 2. The maximum Gasteiger partial charge on any atom is 0.202 e. The van der Waals surface area contributed by atoms with Gasteiger partial charge in [0.25, 0.3) is 0 Å². The zero-order valence-electron chi connectivity index (χ0n) is 20.0. The SMILES string of the molecule is CCc1cc2c(=O)c(-c3nc(C)cs3)coc2c([C@H](c2ccc(OC)cc2)N2CCOCC2)c1O. The third-order valence-corrected chi connectivity index (χ3v) is 7.49. The normalized spacial score (nSPS) is 15.4. The number of hydrogen-bond donors (Lipinski definition) is 1. The van der Waals surface area contributed by atoms with Gasteiger partial charge in [-0.3, -0.25) is 9.69 Å². The minimum atomic E-state index is -0.324. The van der Waals surface area contributed by atoms with E-state index in [1.807, 2.05) is 43.5 Å². The lowest BCUT2D eigenvalue weighted by Gasteiger charge is -2.35. The molecule has 0 unspecified atom stereocenters. The maximum absolute atomic E-state index is 13.7. The van der Waals surface area contributed by atoms with E-state index in [0.717, 1.165) is 17.0 Å². The molecule has 1 aliphatic heterocycles. The van der Waals surface area contributed by atoms with Crippen LogP contribution < -0.4 is 10.2 Å². The number of morpholine rings is 1. The summed E-state index contributed by atoms with van der Waals surface area (Å²) in [7, 11) is 1.63. The predicted octanol–water partition coefficient (Wildman–Crippen LogP) is 4.92. The van der Waals surface area contributed by atoms with E-state index in [9.17, 15) is 9.90 Å². The van der Waals surface area contributed by atoms with E-state index in [2.05, 4.69) is 9.88 Å². The Morgan fingerprint density at radius 1 is 1.23 bits per heavy atom. The maximum atomic E-state index is 13.7. The number of rotatable bonds is 6. The van der Waals surface area contributed by atoms with Crippen molar-refractivity contribution in [3.8, 4) is 22.1 Å². The Morgan fingerprint density at radius 3 is 2.60 bits per heavy atom. The summed E-state index contributed by atoms with van der Waals surface area (Å²) in [6, 6.07) is 9.24. The van der Waals surface area contributed by atoms with Gasteiger partial charge in [0.05, 0.1) is 42.9 Å². The molecule has 4 aromatic rings. The zero-order chi connectivity index (χ0) is 24.5. The Morgan fingerprint density at radius 2 is 1.97 bits per heavy atom. The molecule has 0 spiro atoms. The molecule has 0 amide bonds. The first kappa shape index (κ1) is 23.5. The van der Waals surface area contributed by atoms with Crippen LogP contribution in [0.5, 0.6) is 11.5 Å². The van der Waals surface area contributed by atoms with Gasteiger partial charge in [-0.2, -0.15) is 0 Å². The van der Waals surface area contributed by atoms with Crippen LogP contribution in [0.4, 0.5) is 0 Å². The van der Waals surface area contributed by atoms with Crippen LogP contribution in [0.15, 0.2) is 51.2 Å². The Labute approximate surface area is 207 Å². The number of aryl methyl sites for hydroxylation is 2. The molecule has 1 aliphatic rings. The van der Waals surface area contributed by atoms with Gasteiger partial charge in [0, 0.05) is 24.2 Å². The van der Waals surface area contributed by atoms with Gasteiger partial charge >= 0.3 is 0 Å². The summed E-state index contributed by atoms with van der Waals surface area (Å²) in [5, 5.41) is 14.5. The van der Waals surface area contributed by atoms with Crippen molar-refractivity contribution in [2.24, 2.45) is 0 Å². The fourth-order valence-electron chi connectivity index (χ4n) is 4.68. The summed E-state index contributed by atoms with van der Waals surface area (Å²) in [4.78, 5) is 20.4. The van der Waals surface area contributed by atoms with Gasteiger partial charge in [-0.05, 0) is 42.7 Å². The second-order valence-electron chi connectivity index (χ2n) is 8.62. The monoisotopic (exact) mass is 492 g/mol. The molecular weight excluding hydrogens is 464 g/mol. The van der Waals surface area contributed by atoms with Crippen LogP contribution >= 0.6 is 11.3 Å². The minimum Gasteiger partial charge on any atom is -0.507 e. The van der Waals surface area contributed by atoms with Crippen LogP contribution in [0.25, 0.3) is 21.5 Å². The van der Waals surface area contributed by atoms with E-state index in [1.54, 1.807) is 13.2 Å². The van der Waals surface area contributed by atoms with E-state index in [0.29, 0.717) is 65.4 Å². The molecule has 3 heterocycles. The van der Waals surface area contributed by atoms with E-state index in [4.69, 9.17) is 13.9 Å². The third-order valence-electron chi connectivity index (χ3n) is 6.50. The lowest BCUT2D eigenvalue weighted by Crippen LogP contribution is -2.39. The highest BCUT2D eigenvalue weighted by Crippen LogP contribution is 2.42. The number of methoxy groups -OCH3 is 1. The van der Waals surface area contributed by atoms with Gasteiger partial charge in [0.2, 0.25) is 5.43 Å². The van der Waals surface area contributed by atoms with Crippen LogP contribution in [-0.4, -0.2) is 48.4 Å². The average Bonchev–Trinajstić information content (AvgIpc) is 3.32. The van der Waals surface area contributed by atoms with Gasteiger partial charge < -0.3 is 19.0 Å². The highest BCUT2D eigenvalue weighted by Gasteiger charge is 2.31. The summed E-state index contributed by atoms with van der Waals surface area (Å²) < 4.78 is 17.1.